The number of allylic oxidation sites excluding steroid dienone is 4. The van der Waals surface area contributed by atoms with Crippen molar-refractivity contribution in [3.05, 3.63) is 23.3 Å². The van der Waals surface area contributed by atoms with E-state index in [1.54, 1.807) is 0 Å². The molecule has 110 valence electrons. The molecule has 0 aromatic heterocycles. The second kappa shape index (κ2) is 7.86. The summed E-state index contributed by atoms with van der Waals surface area (Å²) in [6.45, 7) is 6.56. The fourth-order valence-electron chi connectivity index (χ4n) is 2.97. The van der Waals surface area contributed by atoms with Gasteiger partial charge in [-0.1, -0.05) is 29.7 Å². The van der Waals surface area contributed by atoms with Crippen LogP contribution in [0.15, 0.2) is 23.3 Å². The van der Waals surface area contributed by atoms with Gasteiger partial charge in [-0.15, -0.1) is 0 Å². The molecule has 2 heteroatoms. The van der Waals surface area contributed by atoms with Crippen LogP contribution in [0.2, 0.25) is 0 Å². The lowest BCUT2D eigenvalue weighted by atomic mass is 9.80. The molecule has 1 aliphatic rings. The summed E-state index contributed by atoms with van der Waals surface area (Å²) < 4.78 is 0. The van der Waals surface area contributed by atoms with Crippen molar-refractivity contribution in [3.8, 4) is 0 Å². The van der Waals surface area contributed by atoms with Gasteiger partial charge in [0, 0.05) is 5.41 Å². The predicted octanol–water partition coefficient (Wildman–Crippen LogP) is 3.98. The molecule has 2 N–H and O–H groups in total. The van der Waals surface area contributed by atoms with Crippen LogP contribution >= 0.6 is 0 Å². The third kappa shape index (κ3) is 5.12. The highest BCUT2D eigenvalue weighted by atomic mass is 16.3. The van der Waals surface area contributed by atoms with E-state index >= 15 is 0 Å². The van der Waals surface area contributed by atoms with Gasteiger partial charge in [-0.3, -0.25) is 0 Å². The molecule has 0 aromatic carbocycles. The summed E-state index contributed by atoms with van der Waals surface area (Å²) in [5.74, 6) is 0. The molecule has 0 heterocycles. The van der Waals surface area contributed by atoms with Crippen LogP contribution in [0.5, 0.6) is 0 Å². The Kier molecular flexibility index (Phi) is 6.81. The summed E-state index contributed by atoms with van der Waals surface area (Å²) in [4.78, 5) is 0. The monoisotopic (exact) mass is 266 g/mol. The highest BCUT2D eigenvalue weighted by Gasteiger charge is 2.40. The molecular formula is C17H30O2. The predicted molar refractivity (Wildman–Crippen MR) is 81.0 cm³/mol. The smallest absolute Gasteiger partial charge is 0.0618 e. The molecule has 1 aliphatic carbocycles. The fourth-order valence-corrected chi connectivity index (χ4v) is 2.97. The van der Waals surface area contributed by atoms with E-state index in [0.29, 0.717) is 0 Å². The standard InChI is InChI=1S/C17H30O2/c1-14(2)7-4-8-15(3)9-5-11-17(13-18)12-6-10-16(17)19/h7,9,16,18-19H,4-6,8,10-13H2,1-3H3/b15-9+/t16-,17-/m1/s1. The zero-order valence-corrected chi connectivity index (χ0v) is 12.8. The van der Waals surface area contributed by atoms with E-state index in [1.807, 2.05) is 0 Å². The zero-order chi connectivity index (χ0) is 14.3. The fraction of sp³-hybridized carbons (Fsp3) is 0.765. The van der Waals surface area contributed by atoms with Crippen molar-refractivity contribution in [3.63, 3.8) is 0 Å². The van der Waals surface area contributed by atoms with Gasteiger partial charge in [-0.2, -0.15) is 0 Å². The van der Waals surface area contributed by atoms with Gasteiger partial charge in [0.15, 0.2) is 0 Å². The van der Waals surface area contributed by atoms with Crippen LogP contribution in [0.3, 0.4) is 0 Å². The summed E-state index contributed by atoms with van der Waals surface area (Å²) in [7, 11) is 0. The van der Waals surface area contributed by atoms with E-state index in [1.165, 1.54) is 11.1 Å². The number of aliphatic hydroxyl groups excluding tert-OH is 2. The molecule has 1 rings (SSSR count). The Bertz CT molecular complexity index is 326. The molecule has 1 fully saturated rings. The maximum atomic E-state index is 10.0. The number of rotatable bonds is 7. The molecule has 2 atom stereocenters. The average molecular weight is 266 g/mol. The second-order valence-corrected chi connectivity index (χ2v) is 6.34. The van der Waals surface area contributed by atoms with Gasteiger partial charge in [0.25, 0.3) is 0 Å². The largest absolute Gasteiger partial charge is 0.396 e. The van der Waals surface area contributed by atoms with Crippen LogP contribution < -0.4 is 0 Å². The Hall–Kier alpha value is -0.600. The first-order valence-electron chi connectivity index (χ1n) is 7.58. The first kappa shape index (κ1) is 16.5. The van der Waals surface area contributed by atoms with Crippen LogP contribution in [0.4, 0.5) is 0 Å². The summed E-state index contributed by atoms with van der Waals surface area (Å²) in [5.41, 5.74) is 2.57. The van der Waals surface area contributed by atoms with E-state index < -0.39 is 0 Å². The quantitative estimate of drug-likeness (QED) is 0.684. The Morgan fingerprint density at radius 3 is 2.47 bits per heavy atom. The minimum absolute atomic E-state index is 0.124. The summed E-state index contributed by atoms with van der Waals surface area (Å²) >= 11 is 0. The lowest BCUT2D eigenvalue weighted by Gasteiger charge is -2.30. The van der Waals surface area contributed by atoms with Crippen LogP contribution in [0, 0.1) is 5.41 Å². The van der Waals surface area contributed by atoms with E-state index in [9.17, 15) is 10.2 Å². The summed E-state index contributed by atoms with van der Waals surface area (Å²) in [6.07, 6.45) is 11.2. The van der Waals surface area contributed by atoms with Crippen molar-refractivity contribution in [1.82, 2.24) is 0 Å². The minimum atomic E-state index is -0.308. The highest BCUT2D eigenvalue weighted by molar-refractivity contribution is 5.03. The Labute approximate surface area is 118 Å². The second-order valence-electron chi connectivity index (χ2n) is 6.34. The van der Waals surface area contributed by atoms with E-state index in [4.69, 9.17) is 0 Å². The Morgan fingerprint density at radius 2 is 1.95 bits per heavy atom. The number of aliphatic hydroxyl groups is 2. The van der Waals surface area contributed by atoms with Crippen molar-refractivity contribution < 1.29 is 10.2 Å². The van der Waals surface area contributed by atoms with Gasteiger partial charge >= 0.3 is 0 Å². The molecule has 0 unspecified atom stereocenters. The van der Waals surface area contributed by atoms with Crippen molar-refractivity contribution in [2.24, 2.45) is 5.41 Å². The maximum Gasteiger partial charge on any atom is 0.0618 e. The van der Waals surface area contributed by atoms with Gasteiger partial charge in [-0.05, 0) is 59.3 Å². The normalized spacial score (nSPS) is 27.6. The summed E-state index contributed by atoms with van der Waals surface area (Å²) in [6, 6.07) is 0. The zero-order valence-electron chi connectivity index (χ0n) is 12.8. The molecule has 0 amide bonds. The topological polar surface area (TPSA) is 40.5 Å². The third-order valence-corrected chi connectivity index (χ3v) is 4.40. The molecule has 0 aromatic rings. The van der Waals surface area contributed by atoms with Crippen molar-refractivity contribution in [2.45, 2.75) is 71.8 Å². The number of hydrogen-bond acceptors (Lipinski definition) is 2. The highest BCUT2D eigenvalue weighted by Crippen LogP contribution is 2.41. The van der Waals surface area contributed by atoms with E-state index in [0.717, 1.165) is 44.9 Å². The van der Waals surface area contributed by atoms with Gasteiger partial charge in [0.1, 0.15) is 0 Å². The SMILES string of the molecule is CC(C)=CCC/C(C)=C/CC[C@]1(CO)CCC[C@H]1O. The molecule has 0 saturated heterocycles. The van der Waals surface area contributed by atoms with E-state index in [2.05, 4.69) is 32.9 Å². The van der Waals surface area contributed by atoms with Gasteiger partial charge in [0.05, 0.1) is 12.7 Å². The minimum Gasteiger partial charge on any atom is -0.396 e. The number of hydrogen-bond donors (Lipinski definition) is 2. The first-order chi connectivity index (χ1) is 9.00. The van der Waals surface area contributed by atoms with Crippen molar-refractivity contribution in [1.29, 1.82) is 0 Å². The molecule has 1 saturated carbocycles. The third-order valence-electron chi connectivity index (χ3n) is 4.40. The van der Waals surface area contributed by atoms with Crippen molar-refractivity contribution in [2.75, 3.05) is 6.61 Å². The van der Waals surface area contributed by atoms with Crippen molar-refractivity contribution >= 4 is 0 Å². The average Bonchev–Trinajstić information content (AvgIpc) is 2.71. The molecule has 19 heavy (non-hydrogen) atoms. The van der Waals surface area contributed by atoms with Gasteiger partial charge < -0.3 is 10.2 Å². The lowest BCUT2D eigenvalue weighted by Crippen LogP contribution is -2.33. The maximum absolute atomic E-state index is 10.0. The molecule has 0 radical (unpaired) electrons. The molecule has 2 nitrogen and oxygen atoms in total. The van der Waals surface area contributed by atoms with Crippen LogP contribution in [0.1, 0.15) is 65.7 Å². The molecule has 0 spiro atoms. The van der Waals surface area contributed by atoms with Gasteiger partial charge in [0.2, 0.25) is 0 Å². The lowest BCUT2D eigenvalue weighted by molar-refractivity contribution is 0.00105. The molecular weight excluding hydrogens is 236 g/mol. The summed E-state index contributed by atoms with van der Waals surface area (Å²) in [5, 5.41) is 19.6. The van der Waals surface area contributed by atoms with Crippen LogP contribution in [-0.2, 0) is 0 Å². The Balaban J connectivity index is 2.37. The molecule has 0 aliphatic heterocycles. The van der Waals surface area contributed by atoms with Crippen LogP contribution in [0.25, 0.3) is 0 Å². The molecule has 0 bridgehead atoms. The van der Waals surface area contributed by atoms with Gasteiger partial charge in [-0.25, -0.2) is 0 Å². The van der Waals surface area contributed by atoms with E-state index in [-0.39, 0.29) is 18.1 Å². The van der Waals surface area contributed by atoms with Crippen LogP contribution in [-0.4, -0.2) is 22.9 Å². The Morgan fingerprint density at radius 1 is 1.21 bits per heavy atom. The first-order valence-corrected chi connectivity index (χ1v) is 7.58.